The molecule has 1 aromatic heterocycles. The molecule has 0 spiro atoms. The highest BCUT2D eigenvalue weighted by molar-refractivity contribution is 6.07. The average Bonchev–Trinajstić information content (AvgIpc) is 3.11. The summed E-state index contributed by atoms with van der Waals surface area (Å²) in [7, 11) is 1.64. The molecule has 0 fully saturated rings. The molecule has 0 atom stereocenters. The molecule has 5 nitrogen and oxygen atoms in total. The fourth-order valence-electron chi connectivity index (χ4n) is 3.94. The van der Waals surface area contributed by atoms with E-state index in [9.17, 15) is 4.79 Å². The molecule has 32 heavy (non-hydrogen) atoms. The van der Waals surface area contributed by atoms with E-state index < -0.39 is 0 Å². The summed E-state index contributed by atoms with van der Waals surface area (Å²) in [6.45, 7) is 4.63. The van der Waals surface area contributed by atoms with Gasteiger partial charge in [-0.3, -0.25) is 0 Å². The van der Waals surface area contributed by atoms with E-state index in [4.69, 9.17) is 14.2 Å². The van der Waals surface area contributed by atoms with Crippen LogP contribution in [-0.2, 0) is 11.2 Å². The zero-order valence-electron chi connectivity index (χ0n) is 18.6. The van der Waals surface area contributed by atoms with Gasteiger partial charge in [0.1, 0.15) is 11.5 Å². The van der Waals surface area contributed by atoms with Crippen molar-refractivity contribution in [3.05, 3.63) is 89.6 Å². The highest BCUT2D eigenvalue weighted by Crippen LogP contribution is 2.33. The molecular formula is C27H27NO4. The first-order valence-corrected chi connectivity index (χ1v) is 10.8. The van der Waals surface area contributed by atoms with Crippen molar-refractivity contribution in [3.8, 4) is 17.2 Å². The second-order valence-corrected chi connectivity index (χ2v) is 7.48. The van der Waals surface area contributed by atoms with E-state index in [2.05, 4.69) is 16.7 Å². The molecule has 4 rings (SSSR count). The van der Waals surface area contributed by atoms with Gasteiger partial charge in [-0.25, -0.2) is 4.79 Å². The van der Waals surface area contributed by atoms with Crippen LogP contribution in [-0.4, -0.2) is 30.9 Å². The molecule has 164 valence electrons. The number of carbonyl (C=O) groups excluding carboxylic acids is 1. The van der Waals surface area contributed by atoms with Gasteiger partial charge in [0.2, 0.25) is 0 Å². The number of hydrogen-bond donors (Lipinski definition) is 0. The van der Waals surface area contributed by atoms with Crippen LogP contribution in [0, 0.1) is 6.92 Å². The number of fused-ring (bicyclic) bond motifs is 1. The Morgan fingerprint density at radius 3 is 2.34 bits per heavy atom. The van der Waals surface area contributed by atoms with Crippen molar-refractivity contribution in [3.63, 3.8) is 0 Å². The lowest BCUT2D eigenvalue weighted by molar-refractivity contribution is 0.0527. The van der Waals surface area contributed by atoms with Crippen molar-refractivity contribution >= 4 is 16.9 Å². The summed E-state index contributed by atoms with van der Waals surface area (Å²) in [6.07, 6.45) is 0.815. The average molecular weight is 430 g/mol. The van der Waals surface area contributed by atoms with Crippen LogP contribution in [0.15, 0.2) is 72.8 Å². The fraction of sp³-hybridized carbons (Fsp3) is 0.222. The van der Waals surface area contributed by atoms with Crippen molar-refractivity contribution in [2.75, 3.05) is 20.3 Å². The minimum Gasteiger partial charge on any atom is -0.497 e. The van der Waals surface area contributed by atoms with Crippen molar-refractivity contribution < 1.29 is 19.0 Å². The SMILES string of the molecule is CCOC(=O)c1c(C)n(-c2ccc(OC)cc2)c2ccc(OCCc3ccccc3)cc12. The number of aromatic nitrogens is 1. The maximum Gasteiger partial charge on any atom is 0.340 e. The first kappa shape index (κ1) is 21.5. The topological polar surface area (TPSA) is 49.7 Å². The summed E-state index contributed by atoms with van der Waals surface area (Å²) in [6, 6.07) is 23.9. The van der Waals surface area contributed by atoms with Gasteiger partial charge in [0, 0.05) is 23.2 Å². The van der Waals surface area contributed by atoms with Crippen LogP contribution in [0.2, 0.25) is 0 Å². The standard InChI is InChI=1S/C27H27NO4/c1-4-31-27(29)26-19(2)28(21-10-12-22(30-3)13-11-21)25-15-14-23(18-24(25)26)32-17-16-20-8-6-5-7-9-20/h5-15,18H,4,16-17H2,1-3H3. The van der Waals surface area contributed by atoms with Gasteiger partial charge in [0.15, 0.2) is 0 Å². The normalized spacial score (nSPS) is 10.8. The van der Waals surface area contributed by atoms with Gasteiger partial charge in [-0.2, -0.15) is 0 Å². The monoisotopic (exact) mass is 429 g/mol. The van der Waals surface area contributed by atoms with Gasteiger partial charge < -0.3 is 18.8 Å². The predicted molar refractivity (Wildman–Crippen MR) is 126 cm³/mol. The molecule has 5 heteroatoms. The van der Waals surface area contributed by atoms with Crippen LogP contribution in [0.5, 0.6) is 11.5 Å². The van der Waals surface area contributed by atoms with Crippen molar-refractivity contribution in [1.29, 1.82) is 0 Å². The van der Waals surface area contributed by atoms with Gasteiger partial charge in [-0.1, -0.05) is 30.3 Å². The second-order valence-electron chi connectivity index (χ2n) is 7.48. The first-order valence-electron chi connectivity index (χ1n) is 10.8. The largest absolute Gasteiger partial charge is 0.497 e. The van der Waals surface area contributed by atoms with Gasteiger partial charge in [0.05, 0.1) is 31.4 Å². The van der Waals surface area contributed by atoms with E-state index in [0.29, 0.717) is 18.8 Å². The zero-order chi connectivity index (χ0) is 22.5. The number of nitrogens with zero attached hydrogens (tertiary/aromatic N) is 1. The van der Waals surface area contributed by atoms with E-state index in [1.54, 1.807) is 7.11 Å². The van der Waals surface area contributed by atoms with Crippen molar-refractivity contribution in [2.45, 2.75) is 20.3 Å². The van der Waals surface area contributed by atoms with Gasteiger partial charge >= 0.3 is 5.97 Å². The van der Waals surface area contributed by atoms with Crippen LogP contribution < -0.4 is 9.47 Å². The summed E-state index contributed by atoms with van der Waals surface area (Å²) >= 11 is 0. The summed E-state index contributed by atoms with van der Waals surface area (Å²) in [4.78, 5) is 12.8. The number of rotatable bonds is 8. The molecule has 0 N–H and O–H groups in total. The number of methoxy groups -OCH3 is 1. The Labute approximate surface area is 188 Å². The molecule has 0 bridgehead atoms. The molecule has 4 aromatic rings. The summed E-state index contributed by atoms with van der Waals surface area (Å²) < 4.78 is 18.7. The van der Waals surface area contributed by atoms with Crippen LogP contribution in [0.25, 0.3) is 16.6 Å². The number of benzene rings is 3. The maximum absolute atomic E-state index is 12.8. The Morgan fingerprint density at radius 2 is 1.66 bits per heavy atom. The molecule has 0 saturated carbocycles. The molecule has 0 aliphatic heterocycles. The minimum atomic E-state index is -0.330. The number of ether oxygens (including phenoxy) is 3. The van der Waals surface area contributed by atoms with Gasteiger partial charge in [-0.15, -0.1) is 0 Å². The predicted octanol–water partition coefficient (Wildman–Crippen LogP) is 5.75. The van der Waals surface area contributed by atoms with Crippen LogP contribution in [0.3, 0.4) is 0 Å². The maximum atomic E-state index is 12.8. The Balaban J connectivity index is 1.71. The zero-order valence-corrected chi connectivity index (χ0v) is 18.6. The molecule has 3 aromatic carbocycles. The fourth-order valence-corrected chi connectivity index (χ4v) is 3.94. The van der Waals surface area contributed by atoms with E-state index in [0.717, 1.165) is 40.2 Å². The van der Waals surface area contributed by atoms with E-state index in [1.807, 2.05) is 74.5 Å². The quantitative estimate of drug-likeness (QED) is 0.335. The smallest absolute Gasteiger partial charge is 0.340 e. The first-order chi connectivity index (χ1) is 15.6. The van der Waals surface area contributed by atoms with Crippen LogP contribution in [0.4, 0.5) is 0 Å². The molecule has 1 heterocycles. The highest BCUT2D eigenvalue weighted by atomic mass is 16.5. The minimum absolute atomic E-state index is 0.320. The van der Waals surface area contributed by atoms with E-state index >= 15 is 0 Å². The van der Waals surface area contributed by atoms with E-state index in [-0.39, 0.29) is 5.97 Å². The lowest BCUT2D eigenvalue weighted by Crippen LogP contribution is -2.07. The van der Waals surface area contributed by atoms with Gasteiger partial charge in [0.25, 0.3) is 0 Å². The number of esters is 1. The number of hydrogen-bond acceptors (Lipinski definition) is 4. The molecular weight excluding hydrogens is 402 g/mol. The third-order valence-corrected chi connectivity index (χ3v) is 5.49. The molecule has 0 unspecified atom stereocenters. The lowest BCUT2D eigenvalue weighted by Gasteiger charge is -2.10. The van der Waals surface area contributed by atoms with Gasteiger partial charge in [-0.05, 0) is 61.9 Å². The Bertz CT molecular complexity index is 1210. The van der Waals surface area contributed by atoms with Crippen LogP contribution >= 0.6 is 0 Å². The third kappa shape index (κ3) is 4.33. The molecule has 0 aliphatic carbocycles. The van der Waals surface area contributed by atoms with Crippen molar-refractivity contribution in [1.82, 2.24) is 4.57 Å². The Kier molecular flexibility index (Phi) is 6.45. The van der Waals surface area contributed by atoms with Crippen LogP contribution in [0.1, 0.15) is 28.5 Å². The Morgan fingerprint density at radius 1 is 0.938 bits per heavy atom. The summed E-state index contributed by atoms with van der Waals surface area (Å²) in [5, 5.41) is 0.814. The number of carbonyl (C=O) groups is 1. The highest BCUT2D eigenvalue weighted by Gasteiger charge is 2.22. The molecule has 0 radical (unpaired) electrons. The molecule has 0 saturated heterocycles. The third-order valence-electron chi connectivity index (χ3n) is 5.49. The Hall–Kier alpha value is -3.73. The second kappa shape index (κ2) is 9.60. The van der Waals surface area contributed by atoms with E-state index in [1.165, 1.54) is 5.56 Å². The summed E-state index contributed by atoms with van der Waals surface area (Å²) in [5.41, 5.74) is 4.48. The van der Waals surface area contributed by atoms with Crippen molar-refractivity contribution in [2.24, 2.45) is 0 Å². The lowest BCUT2D eigenvalue weighted by atomic mass is 10.1. The molecule has 0 aliphatic rings. The molecule has 0 amide bonds. The summed E-state index contributed by atoms with van der Waals surface area (Å²) in [5.74, 6) is 1.18.